The molecule has 5 nitrogen and oxygen atoms in total. The zero-order valence-corrected chi connectivity index (χ0v) is 12.2. The largest absolute Gasteiger partial charge is 0.334 e. The van der Waals surface area contributed by atoms with Gasteiger partial charge in [0.1, 0.15) is 6.17 Å². The van der Waals surface area contributed by atoms with Gasteiger partial charge in [-0.3, -0.25) is 15.2 Å². The lowest BCUT2D eigenvalue weighted by molar-refractivity contribution is -0.121. The highest BCUT2D eigenvalue weighted by Gasteiger charge is 2.20. The number of hydrogen-bond acceptors (Lipinski definition) is 4. The lowest BCUT2D eigenvalue weighted by Gasteiger charge is -2.12. The van der Waals surface area contributed by atoms with Crippen molar-refractivity contribution in [2.45, 2.75) is 25.4 Å². The van der Waals surface area contributed by atoms with Gasteiger partial charge in [0.05, 0.1) is 5.71 Å². The molecule has 0 fully saturated rings. The van der Waals surface area contributed by atoms with Gasteiger partial charge in [-0.2, -0.15) is 5.10 Å². The molecule has 2 heterocycles. The maximum absolute atomic E-state index is 12.0. The summed E-state index contributed by atoms with van der Waals surface area (Å²) in [6, 6.07) is 13.9. The zero-order chi connectivity index (χ0) is 15.2. The minimum Gasteiger partial charge on any atom is -0.334 e. The summed E-state index contributed by atoms with van der Waals surface area (Å²) in [7, 11) is 0. The normalized spacial score (nSPS) is 16.7. The van der Waals surface area contributed by atoms with E-state index in [1.807, 2.05) is 42.5 Å². The van der Waals surface area contributed by atoms with Crippen LogP contribution in [0.1, 0.15) is 24.0 Å². The number of nitrogens with one attached hydrogen (secondary N) is 2. The van der Waals surface area contributed by atoms with Gasteiger partial charge >= 0.3 is 0 Å². The molecule has 2 aromatic rings. The second kappa shape index (κ2) is 6.85. The fourth-order valence-corrected chi connectivity index (χ4v) is 2.42. The number of carbonyl (C=O) groups excluding carboxylic acids is 1. The van der Waals surface area contributed by atoms with Crippen LogP contribution in [0.3, 0.4) is 0 Å². The smallest absolute Gasteiger partial charge is 0.221 e. The van der Waals surface area contributed by atoms with E-state index in [2.05, 4.69) is 20.8 Å². The lowest BCUT2D eigenvalue weighted by Crippen LogP contribution is -2.41. The van der Waals surface area contributed by atoms with E-state index in [0.29, 0.717) is 12.8 Å². The van der Waals surface area contributed by atoms with Gasteiger partial charge in [0.15, 0.2) is 0 Å². The van der Waals surface area contributed by atoms with Crippen LogP contribution in [-0.2, 0) is 11.2 Å². The number of nitrogens with zero attached hydrogens (tertiary/aromatic N) is 2. The maximum Gasteiger partial charge on any atom is 0.221 e. The number of aromatic nitrogens is 1. The summed E-state index contributed by atoms with van der Waals surface area (Å²) in [5, 5.41) is 7.25. The number of carbonyl (C=O) groups is 1. The SMILES string of the molecule is O=C(CCc1ccccc1)NC1CC(c2ccncc2)=NN1. The molecular weight excluding hydrogens is 276 g/mol. The molecule has 0 spiro atoms. The summed E-state index contributed by atoms with van der Waals surface area (Å²) in [5.41, 5.74) is 6.11. The van der Waals surface area contributed by atoms with Crippen LogP contribution < -0.4 is 10.7 Å². The van der Waals surface area contributed by atoms with Crippen molar-refractivity contribution in [2.24, 2.45) is 5.10 Å². The van der Waals surface area contributed by atoms with Crippen LogP contribution in [0.4, 0.5) is 0 Å². The van der Waals surface area contributed by atoms with Crippen molar-refractivity contribution in [2.75, 3.05) is 0 Å². The van der Waals surface area contributed by atoms with E-state index >= 15 is 0 Å². The van der Waals surface area contributed by atoms with Gasteiger partial charge in [-0.05, 0) is 24.1 Å². The number of pyridine rings is 1. The topological polar surface area (TPSA) is 66.4 Å². The molecule has 0 saturated heterocycles. The van der Waals surface area contributed by atoms with Gasteiger partial charge < -0.3 is 5.32 Å². The lowest BCUT2D eigenvalue weighted by atomic mass is 10.1. The van der Waals surface area contributed by atoms with Crippen LogP contribution in [0, 0.1) is 0 Å². The van der Waals surface area contributed by atoms with E-state index in [-0.39, 0.29) is 12.1 Å². The van der Waals surface area contributed by atoms with Gasteiger partial charge in [-0.15, -0.1) is 0 Å². The first kappa shape index (κ1) is 14.3. The molecule has 22 heavy (non-hydrogen) atoms. The number of amides is 1. The molecule has 1 aromatic carbocycles. The summed E-state index contributed by atoms with van der Waals surface area (Å²) >= 11 is 0. The Morgan fingerprint density at radius 3 is 2.73 bits per heavy atom. The van der Waals surface area contributed by atoms with Gasteiger partial charge in [-0.25, -0.2) is 0 Å². The van der Waals surface area contributed by atoms with Crippen molar-refractivity contribution in [3.8, 4) is 0 Å². The van der Waals surface area contributed by atoms with Gasteiger partial charge in [0.25, 0.3) is 0 Å². The zero-order valence-electron chi connectivity index (χ0n) is 12.2. The summed E-state index contributed by atoms with van der Waals surface area (Å²) in [5.74, 6) is 0.0348. The van der Waals surface area contributed by atoms with Crippen LogP contribution in [0.5, 0.6) is 0 Å². The number of aryl methyl sites for hydroxylation is 1. The molecule has 0 saturated carbocycles. The van der Waals surface area contributed by atoms with Crippen LogP contribution in [0.15, 0.2) is 60.0 Å². The molecule has 1 aliphatic rings. The predicted molar refractivity (Wildman–Crippen MR) is 85.2 cm³/mol. The first-order chi connectivity index (χ1) is 10.8. The van der Waals surface area contributed by atoms with Crippen LogP contribution in [0.2, 0.25) is 0 Å². The highest BCUT2D eigenvalue weighted by atomic mass is 16.1. The van der Waals surface area contributed by atoms with Crippen molar-refractivity contribution in [1.29, 1.82) is 0 Å². The van der Waals surface area contributed by atoms with Crippen molar-refractivity contribution in [3.05, 3.63) is 66.0 Å². The van der Waals surface area contributed by atoms with E-state index in [4.69, 9.17) is 0 Å². The summed E-state index contributed by atoms with van der Waals surface area (Å²) in [4.78, 5) is 16.0. The van der Waals surface area contributed by atoms with Crippen molar-refractivity contribution in [3.63, 3.8) is 0 Å². The standard InChI is InChI=1S/C17H18N4O/c22-17(7-6-13-4-2-1-3-5-13)19-16-12-15(20-21-16)14-8-10-18-11-9-14/h1-5,8-11,16,21H,6-7,12H2,(H,19,22). The molecule has 1 unspecified atom stereocenters. The Morgan fingerprint density at radius 2 is 1.95 bits per heavy atom. The highest BCUT2D eigenvalue weighted by molar-refractivity contribution is 6.01. The Bertz CT molecular complexity index is 655. The number of hydrogen-bond donors (Lipinski definition) is 2. The third-order valence-corrected chi connectivity index (χ3v) is 3.59. The van der Waals surface area contributed by atoms with E-state index in [1.54, 1.807) is 12.4 Å². The monoisotopic (exact) mass is 294 g/mol. The van der Waals surface area contributed by atoms with Crippen LogP contribution >= 0.6 is 0 Å². The van der Waals surface area contributed by atoms with E-state index < -0.39 is 0 Å². The second-order valence-electron chi connectivity index (χ2n) is 5.23. The highest BCUT2D eigenvalue weighted by Crippen LogP contribution is 2.10. The van der Waals surface area contributed by atoms with Crippen molar-refractivity contribution < 1.29 is 4.79 Å². The Balaban J connectivity index is 1.46. The first-order valence-corrected chi connectivity index (χ1v) is 7.37. The quantitative estimate of drug-likeness (QED) is 0.884. The molecule has 1 aromatic heterocycles. The molecule has 5 heteroatoms. The van der Waals surface area contributed by atoms with Crippen LogP contribution in [0.25, 0.3) is 0 Å². The average molecular weight is 294 g/mol. The number of benzene rings is 1. The molecule has 0 aliphatic carbocycles. The molecule has 1 amide bonds. The van der Waals surface area contributed by atoms with Gasteiger partial charge in [-0.1, -0.05) is 30.3 Å². The Labute approximate surface area is 129 Å². The van der Waals surface area contributed by atoms with E-state index in [0.717, 1.165) is 17.7 Å². The number of rotatable bonds is 5. The van der Waals surface area contributed by atoms with E-state index in [1.165, 1.54) is 5.56 Å². The molecule has 1 atom stereocenters. The molecule has 0 radical (unpaired) electrons. The van der Waals surface area contributed by atoms with Gasteiger partial charge in [0, 0.05) is 30.8 Å². The minimum atomic E-state index is -0.133. The molecule has 1 aliphatic heterocycles. The Morgan fingerprint density at radius 1 is 1.18 bits per heavy atom. The average Bonchev–Trinajstić information content (AvgIpc) is 3.03. The Hall–Kier alpha value is -2.69. The van der Waals surface area contributed by atoms with Crippen molar-refractivity contribution in [1.82, 2.24) is 15.7 Å². The van der Waals surface area contributed by atoms with Gasteiger partial charge in [0.2, 0.25) is 5.91 Å². The fourth-order valence-electron chi connectivity index (χ4n) is 2.42. The summed E-state index contributed by atoms with van der Waals surface area (Å²) < 4.78 is 0. The minimum absolute atomic E-state index is 0.0348. The van der Waals surface area contributed by atoms with Crippen LogP contribution in [-0.4, -0.2) is 22.8 Å². The summed E-state index contributed by atoms with van der Waals surface area (Å²) in [6.07, 6.45) is 5.25. The fraction of sp³-hybridized carbons (Fsp3) is 0.235. The predicted octanol–water partition coefficient (Wildman–Crippen LogP) is 1.85. The van der Waals surface area contributed by atoms with E-state index in [9.17, 15) is 4.79 Å². The number of hydrazone groups is 1. The molecule has 3 rings (SSSR count). The van der Waals surface area contributed by atoms with Crippen molar-refractivity contribution >= 4 is 11.6 Å². The maximum atomic E-state index is 12.0. The molecule has 0 bridgehead atoms. The Kier molecular flexibility index (Phi) is 4.44. The third kappa shape index (κ3) is 3.69. The second-order valence-corrected chi connectivity index (χ2v) is 5.23. The molecule has 2 N–H and O–H groups in total. The molecular formula is C17H18N4O. The summed E-state index contributed by atoms with van der Waals surface area (Å²) in [6.45, 7) is 0. The molecule has 112 valence electrons. The first-order valence-electron chi connectivity index (χ1n) is 7.37. The third-order valence-electron chi connectivity index (χ3n) is 3.59.